The molecule has 43 heavy (non-hydrogen) atoms. The quantitative estimate of drug-likeness (QED) is 0.332. The van der Waals surface area contributed by atoms with Crippen molar-refractivity contribution in [2.75, 3.05) is 18.4 Å². The Labute approximate surface area is 251 Å². The second kappa shape index (κ2) is 10.4. The highest BCUT2D eigenvalue weighted by Crippen LogP contribution is 2.53. The lowest BCUT2D eigenvalue weighted by molar-refractivity contribution is -0.129. The first-order chi connectivity index (χ1) is 20.7. The first kappa shape index (κ1) is 27.5. The maximum absolute atomic E-state index is 15.2. The van der Waals surface area contributed by atoms with Crippen molar-refractivity contribution in [3.63, 3.8) is 0 Å². The number of para-hydroxylation sites is 1. The van der Waals surface area contributed by atoms with Crippen LogP contribution in [0.3, 0.4) is 0 Å². The fourth-order valence-electron chi connectivity index (χ4n) is 6.04. The smallest absolute Gasteiger partial charge is 0.284 e. The molecule has 1 saturated carbocycles. The molecule has 1 N–H and O–H groups in total. The Morgan fingerprint density at radius 2 is 1.88 bits per heavy atom. The highest BCUT2D eigenvalue weighted by molar-refractivity contribution is 8.01. The number of nitrogens with one attached hydrogen (secondary N) is 1. The highest BCUT2D eigenvalue weighted by atomic mass is 32.2. The summed E-state index contributed by atoms with van der Waals surface area (Å²) in [5.41, 5.74) is 1.92. The number of benzene rings is 2. The van der Waals surface area contributed by atoms with E-state index in [0.29, 0.717) is 29.0 Å². The predicted molar refractivity (Wildman–Crippen MR) is 161 cm³/mol. The summed E-state index contributed by atoms with van der Waals surface area (Å²) in [7, 11) is 1.70. The summed E-state index contributed by atoms with van der Waals surface area (Å²) in [6.07, 6.45) is 5.62. The van der Waals surface area contributed by atoms with Gasteiger partial charge in [-0.1, -0.05) is 18.2 Å². The second-order valence-corrected chi connectivity index (χ2v) is 12.8. The van der Waals surface area contributed by atoms with Crippen LogP contribution in [0.2, 0.25) is 0 Å². The van der Waals surface area contributed by atoms with Crippen LogP contribution in [-0.2, 0) is 18.3 Å². The molecule has 7 rings (SSSR count). The first-order valence-electron chi connectivity index (χ1n) is 14.3. The van der Waals surface area contributed by atoms with E-state index >= 15 is 4.39 Å². The standard InChI is InChI=1S/C32H30FN5O4S/c1-19-27(31(41)38(36(19)2)21-6-4-3-5-7-21)29(39)35-20-8-9-24(22(33)16-20)42-25-10-14-34-23-17-26(43-28(23)25)30(40)37-15-13-32(18-37)11-12-32/h3-10,14,16,26H,11-13,15,17-18H2,1-2H3,(H,35,39). The zero-order chi connectivity index (χ0) is 29.9. The Morgan fingerprint density at radius 1 is 1.09 bits per heavy atom. The van der Waals surface area contributed by atoms with Gasteiger partial charge < -0.3 is 15.0 Å². The number of anilines is 1. The Morgan fingerprint density at radius 3 is 2.60 bits per heavy atom. The number of pyridine rings is 1. The third-order valence-corrected chi connectivity index (χ3v) is 10.1. The van der Waals surface area contributed by atoms with E-state index in [1.807, 2.05) is 23.1 Å². The van der Waals surface area contributed by atoms with Crippen LogP contribution in [-0.4, -0.2) is 49.4 Å². The Bertz CT molecular complexity index is 1830. The number of fused-ring (bicyclic) bond motifs is 1. The zero-order valence-electron chi connectivity index (χ0n) is 23.8. The van der Waals surface area contributed by atoms with E-state index in [9.17, 15) is 14.4 Å². The third kappa shape index (κ3) is 4.91. The maximum Gasteiger partial charge on any atom is 0.284 e. The summed E-state index contributed by atoms with van der Waals surface area (Å²) in [4.78, 5) is 46.8. The Hall–Kier alpha value is -4.38. The molecule has 0 bridgehead atoms. The number of amides is 2. The van der Waals surface area contributed by atoms with Gasteiger partial charge in [-0.3, -0.25) is 24.0 Å². The van der Waals surface area contributed by atoms with Crippen molar-refractivity contribution in [2.24, 2.45) is 12.5 Å². The van der Waals surface area contributed by atoms with Gasteiger partial charge in [-0.15, -0.1) is 11.8 Å². The maximum atomic E-state index is 15.2. The van der Waals surface area contributed by atoms with Crippen molar-refractivity contribution in [1.29, 1.82) is 0 Å². The molecule has 9 nitrogen and oxygen atoms in total. The second-order valence-electron chi connectivity index (χ2n) is 11.5. The third-order valence-electron chi connectivity index (χ3n) is 8.75. The normalized spacial score (nSPS) is 18.1. The van der Waals surface area contributed by atoms with Gasteiger partial charge in [0.2, 0.25) is 5.91 Å². The number of hydrogen-bond acceptors (Lipinski definition) is 6. The average Bonchev–Trinajstić information content (AvgIpc) is 3.31. The number of hydrogen-bond donors (Lipinski definition) is 1. The van der Waals surface area contributed by atoms with Gasteiger partial charge in [0.15, 0.2) is 11.6 Å². The van der Waals surface area contributed by atoms with Crippen molar-refractivity contribution in [3.8, 4) is 17.2 Å². The molecule has 1 saturated heterocycles. The SMILES string of the molecule is Cc1c(C(=O)Nc2ccc(Oc3ccnc4c3SC(C(=O)N3CCC5(CC5)C3)C4)c(F)c2)c(=O)n(-c2ccccc2)n1C. The Balaban J connectivity index is 1.06. The lowest BCUT2D eigenvalue weighted by Gasteiger charge is -2.20. The molecule has 1 unspecified atom stereocenters. The van der Waals surface area contributed by atoms with E-state index < -0.39 is 17.3 Å². The van der Waals surface area contributed by atoms with Gasteiger partial charge in [-0.05, 0) is 55.9 Å². The van der Waals surface area contributed by atoms with Crippen LogP contribution in [0.25, 0.3) is 5.69 Å². The lowest BCUT2D eigenvalue weighted by atomic mass is 10.1. The van der Waals surface area contributed by atoms with E-state index in [1.54, 1.807) is 43.0 Å². The molecule has 4 aromatic rings. The molecule has 2 fully saturated rings. The molecular formula is C32H30FN5O4S. The van der Waals surface area contributed by atoms with Gasteiger partial charge in [0, 0.05) is 50.6 Å². The summed E-state index contributed by atoms with van der Waals surface area (Å²) in [6, 6.07) is 14.8. The fraction of sp³-hybridized carbons (Fsp3) is 0.312. The molecule has 1 spiro atoms. The van der Waals surface area contributed by atoms with Gasteiger partial charge in [-0.25, -0.2) is 9.07 Å². The van der Waals surface area contributed by atoms with Crippen LogP contribution < -0.4 is 15.6 Å². The van der Waals surface area contributed by atoms with E-state index in [4.69, 9.17) is 4.74 Å². The number of carbonyl (C=O) groups is 2. The number of ether oxygens (including phenoxy) is 1. The molecular weight excluding hydrogens is 569 g/mol. The predicted octanol–water partition coefficient (Wildman–Crippen LogP) is 5.09. The van der Waals surface area contributed by atoms with Gasteiger partial charge >= 0.3 is 0 Å². The number of thioether (sulfide) groups is 1. The summed E-state index contributed by atoms with van der Waals surface area (Å²) >= 11 is 1.42. The summed E-state index contributed by atoms with van der Waals surface area (Å²) in [6.45, 7) is 3.34. The van der Waals surface area contributed by atoms with E-state index in [2.05, 4.69) is 10.3 Å². The van der Waals surface area contributed by atoms with Crippen LogP contribution in [0.1, 0.15) is 41.0 Å². The van der Waals surface area contributed by atoms with Gasteiger partial charge in [-0.2, -0.15) is 0 Å². The van der Waals surface area contributed by atoms with E-state index in [1.165, 1.54) is 41.4 Å². The van der Waals surface area contributed by atoms with Crippen molar-refractivity contribution in [3.05, 3.63) is 93.9 Å². The number of rotatable bonds is 6. The first-order valence-corrected chi connectivity index (χ1v) is 15.2. The number of carbonyl (C=O) groups excluding carboxylic acids is 2. The molecule has 2 aromatic carbocycles. The van der Waals surface area contributed by atoms with Gasteiger partial charge in [0.1, 0.15) is 11.3 Å². The highest BCUT2D eigenvalue weighted by Gasteiger charge is 2.50. The molecule has 2 amide bonds. The molecule has 2 aliphatic heterocycles. The fourth-order valence-corrected chi connectivity index (χ4v) is 7.31. The van der Waals surface area contributed by atoms with Crippen molar-refractivity contribution in [2.45, 2.75) is 42.8 Å². The largest absolute Gasteiger partial charge is 0.453 e. The lowest BCUT2D eigenvalue weighted by Crippen LogP contribution is -2.36. The Kier molecular flexibility index (Phi) is 6.65. The average molecular weight is 600 g/mol. The summed E-state index contributed by atoms with van der Waals surface area (Å²) in [5, 5.41) is 2.38. The summed E-state index contributed by atoms with van der Waals surface area (Å²) in [5.74, 6) is -0.780. The minimum Gasteiger partial charge on any atom is -0.453 e. The van der Waals surface area contributed by atoms with Crippen molar-refractivity contribution in [1.82, 2.24) is 19.2 Å². The molecule has 2 aromatic heterocycles. The van der Waals surface area contributed by atoms with Crippen LogP contribution >= 0.6 is 11.8 Å². The molecule has 220 valence electrons. The number of halogens is 1. The van der Waals surface area contributed by atoms with Crippen LogP contribution in [0.5, 0.6) is 11.5 Å². The van der Waals surface area contributed by atoms with E-state index in [-0.39, 0.29) is 28.2 Å². The minimum absolute atomic E-state index is 0.0261. The van der Waals surface area contributed by atoms with Gasteiger partial charge in [0.25, 0.3) is 11.5 Å². The van der Waals surface area contributed by atoms with Crippen LogP contribution in [0.15, 0.2) is 70.5 Å². The van der Waals surface area contributed by atoms with Crippen LogP contribution in [0, 0.1) is 18.2 Å². The van der Waals surface area contributed by atoms with E-state index in [0.717, 1.165) is 36.2 Å². The monoisotopic (exact) mass is 599 g/mol. The van der Waals surface area contributed by atoms with Crippen molar-refractivity contribution >= 4 is 29.3 Å². The van der Waals surface area contributed by atoms with Crippen molar-refractivity contribution < 1.29 is 18.7 Å². The van der Waals surface area contributed by atoms with Gasteiger partial charge in [0.05, 0.1) is 27.2 Å². The van der Waals surface area contributed by atoms with Crippen LogP contribution in [0.4, 0.5) is 10.1 Å². The zero-order valence-corrected chi connectivity index (χ0v) is 24.6. The topological polar surface area (TPSA) is 98.5 Å². The molecule has 11 heteroatoms. The molecule has 1 aliphatic carbocycles. The number of nitrogens with zero attached hydrogens (tertiary/aromatic N) is 4. The molecule has 3 aliphatic rings. The molecule has 1 atom stereocenters. The minimum atomic E-state index is -0.683. The molecule has 4 heterocycles. The summed E-state index contributed by atoms with van der Waals surface area (Å²) < 4.78 is 24.2. The number of aromatic nitrogens is 3. The molecule has 0 radical (unpaired) electrons. The number of likely N-dealkylation sites (tertiary alicyclic amines) is 1.